The summed E-state index contributed by atoms with van der Waals surface area (Å²) in [6.45, 7) is 5.49. The van der Waals surface area contributed by atoms with Crippen LogP contribution in [0.2, 0.25) is 0 Å². The topological polar surface area (TPSA) is 93.2 Å². The molecule has 0 unspecified atom stereocenters. The van der Waals surface area contributed by atoms with Gasteiger partial charge in [0.25, 0.3) is 0 Å². The number of amides is 1. The molecule has 0 saturated carbocycles. The van der Waals surface area contributed by atoms with Crippen LogP contribution < -0.4 is 10.6 Å². The molecule has 2 N–H and O–H groups in total. The highest BCUT2D eigenvalue weighted by Crippen LogP contribution is 2.25. The second kappa shape index (κ2) is 10.1. The second-order valence-corrected chi connectivity index (χ2v) is 8.10. The molecule has 2 rings (SSSR count). The van der Waals surface area contributed by atoms with Crippen molar-refractivity contribution in [2.45, 2.75) is 24.7 Å². The first-order valence-corrected chi connectivity index (χ1v) is 9.92. The van der Waals surface area contributed by atoms with E-state index >= 15 is 0 Å². The Kier molecular flexibility index (Phi) is 7.86. The Bertz CT molecular complexity index is 732. The number of thioether (sulfide) groups is 1. The van der Waals surface area contributed by atoms with Crippen molar-refractivity contribution in [2.75, 3.05) is 24.7 Å². The maximum atomic E-state index is 12.0. The molecule has 9 heteroatoms. The molecular weight excluding hydrogens is 372 g/mol. The Morgan fingerprint density at radius 1 is 1.23 bits per heavy atom. The lowest BCUT2D eigenvalue weighted by Gasteiger charge is -2.05. The van der Waals surface area contributed by atoms with Crippen molar-refractivity contribution in [1.82, 2.24) is 15.5 Å². The normalized spacial score (nSPS) is 10.6. The lowest BCUT2D eigenvalue weighted by Crippen LogP contribution is -2.24. The molecule has 7 nitrogen and oxygen atoms in total. The Labute approximate surface area is 160 Å². The van der Waals surface area contributed by atoms with Gasteiger partial charge in [-0.25, -0.2) is 4.79 Å². The number of carbonyl (C=O) groups is 2. The van der Waals surface area contributed by atoms with Crippen molar-refractivity contribution in [3.63, 3.8) is 0 Å². The molecule has 140 valence electrons. The molecule has 1 aromatic heterocycles. The molecule has 0 fully saturated rings. The molecule has 0 atom stereocenters. The number of rotatable bonds is 9. The van der Waals surface area contributed by atoms with Gasteiger partial charge in [-0.3, -0.25) is 4.79 Å². The molecule has 0 bridgehead atoms. The third kappa shape index (κ3) is 6.64. The van der Waals surface area contributed by atoms with Crippen LogP contribution in [0.1, 0.15) is 29.8 Å². The van der Waals surface area contributed by atoms with E-state index in [0.29, 0.717) is 18.0 Å². The van der Waals surface area contributed by atoms with Gasteiger partial charge in [0.05, 0.1) is 18.4 Å². The Morgan fingerprint density at radius 2 is 1.96 bits per heavy atom. The lowest BCUT2D eigenvalue weighted by atomic mass is 10.1. The number of ether oxygens (including phenoxy) is 1. The first-order chi connectivity index (χ1) is 12.5. The van der Waals surface area contributed by atoms with E-state index in [-0.39, 0.29) is 17.6 Å². The number of carbonyl (C=O) groups excluding carboxylic acids is 2. The molecule has 0 aliphatic rings. The highest BCUT2D eigenvalue weighted by atomic mass is 32.2. The van der Waals surface area contributed by atoms with Crippen LogP contribution in [0, 0.1) is 5.92 Å². The number of benzene rings is 1. The van der Waals surface area contributed by atoms with Crippen molar-refractivity contribution in [1.29, 1.82) is 0 Å². The number of hydrogen-bond donors (Lipinski definition) is 2. The van der Waals surface area contributed by atoms with E-state index in [1.54, 1.807) is 24.3 Å². The quantitative estimate of drug-likeness (QED) is 0.499. The molecule has 0 saturated heterocycles. The molecular formula is C17H22N4O3S2. The number of anilines is 1. The van der Waals surface area contributed by atoms with E-state index in [1.807, 2.05) is 0 Å². The Morgan fingerprint density at radius 3 is 2.62 bits per heavy atom. The van der Waals surface area contributed by atoms with Gasteiger partial charge in [-0.1, -0.05) is 49.1 Å². The third-order valence-corrected chi connectivity index (χ3v) is 5.27. The van der Waals surface area contributed by atoms with E-state index in [1.165, 1.54) is 30.2 Å². The van der Waals surface area contributed by atoms with Crippen LogP contribution in [0.15, 0.2) is 28.6 Å². The predicted octanol–water partition coefficient (Wildman–Crippen LogP) is 2.80. The first-order valence-electron chi connectivity index (χ1n) is 8.12. The number of aromatic nitrogens is 2. The summed E-state index contributed by atoms with van der Waals surface area (Å²) in [6.07, 6.45) is 0. The smallest absolute Gasteiger partial charge is 0.337 e. The van der Waals surface area contributed by atoms with Crippen molar-refractivity contribution in [3.8, 4) is 0 Å². The average Bonchev–Trinajstić information content (AvgIpc) is 3.10. The van der Waals surface area contributed by atoms with Gasteiger partial charge in [0.2, 0.25) is 11.0 Å². The maximum Gasteiger partial charge on any atom is 0.337 e. The van der Waals surface area contributed by atoms with E-state index in [0.717, 1.165) is 21.6 Å². The molecule has 0 aliphatic carbocycles. The van der Waals surface area contributed by atoms with E-state index < -0.39 is 0 Å². The van der Waals surface area contributed by atoms with Crippen LogP contribution in [0.5, 0.6) is 0 Å². The van der Waals surface area contributed by atoms with Gasteiger partial charge in [-0.2, -0.15) is 0 Å². The predicted molar refractivity (Wildman–Crippen MR) is 104 cm³/mol. The molecule has 0 spiro atoms. The van der Waals surface area contributed by atoms with Gasteiger partial charge in [-0.05, 0) is 23.6 Å². The van der Waals surface area contributed by atoms with E-state index in [4.69, 9.17) is 0 Å². The summed E-state index contributed by atoms with van der Waals surface area (Å²) in [7, 11) is 1.34. The second-order valence-electron chi connectivity index (χ2n) is 5.90. The van der Waals surface area contributed by atoms with Gasteiger partial charge in [0, 0.05) is 13.1 Å². The number of methoxy groups -OCH3 is 1. The van der Waals surface area contributed by atoms with Crippen molar-refractivity contribution in [3.05, 3.63) is 35.4 Å². The van der Waals surface area contributed by atoms with Crippen LogP contribution in [0.3, 0.4) is 0 Å². The van der Waals surface area contributed by atoms with Gasteiger partial charge in [0.15, 0.2) is 4.34 Å². The monoisotopic (exact) mass is 394 g/mol. The molecule has 1 heterocycles. The standard InChI is InChI=1S/C17H22N4O3S2/c1-11(2)8-19-16-20-21-17(26-16)25-10-14(22)18-9-12-4-6-13(7-5-12)15(23)24-3/h4-7,11H,8-10H2,1-3H3,(H,18,22)(H,19,20). The summed E-state index contributed by atoms with van der Waals surface area (Å²) in [4.78, 5) is 23.3. The van der Waals surface area contributed by atoms with Crippen molar-refractivity contribution < 1.29 is 14.3 Å². The average molecular weight is 395 g/mol. The summed E-state index contributed by atoms with van der Waals surface area (Å²) in [6, 6.07) is 6.93. The number of hydrogen-bond acceptors (Lipinski definition) is 8. The Balaban J connectivity index is 1.73. The number of esters is 1. The highest BCUT2D eigenvalue weighted by molar-refractivity contribution is 8.01. The minimum absolute atomic E-state index is 0.0843. The summed E-state index contributed by atoms with van der Waals surface area (Å²) < 4.78 is 5.41. The van der Waals surface area contributed by atoms with Crippen molar-refractivity contribution in [2.24, 2.45) is 5.92 Å². The maximum absolute atomic E-state index is 12.0. The molecule has 2 aromatic rings. The summed E-state index contributed by atoms with van der Waals surface area (Å²) in [5, 5.41) is 14.9. The van der Waals surface area contributed by atoms with E-state index in [2.05, 4.69) is 39.4 Å². The van der Waals surface area contributed by atoms with Crippen LogP contribution in [0.25, 0.3) is 0 Å². The minimum atomic E-state index is -0.378. The molecule has 1 aromatic carbocycles. The first kappa shape index (κ1) is 20.2. The lowest BCUT2D eigenvalue weighted by molar-refractivity contribution is -0.118. The van der Waals surface area contributed by atoms with E-state index in [9.17, 15) is 9.59 Å². The molecule has 0 radical (unpaired) electrons. The Hall–Kier alpha value is -2.13. The molecule has 26 heavy (non-hydrogen) atoms. The molecule has 0 aliphatic heterocycles. The number of nitrogens with zero attached hydrogens (tertiary/aromatic N) is 2. The van der Waals surface area contributed by atoms with Gasteiger partial charge < -0.3 is 15.4 Å². The summed E-state index contributed by atoms with van der Waals surface area (Å²) in [5.74, 6) is 0.344. The van der Waals surface area contributed by atoms with Gasteiger partial charge >= 0.3 is 5.97 Å². The fraction of sp³-hybridized carbons (Fsp3) is 0.412. The van der Waals surface area contributed by atoms with Crippen molar-refractivity contribution >= 4 is 40.1 Å². The molecule has 1 amide bonds. The zero-order valence-corrected chi connectivity index (χ0v) is 16.6. The zero-order chi connectivity index (χ0) is 18.9. The highest BCUT2D eigenvalue weighted by Gasteiger charge is 2.09. The van der Waals surface area contributed by atoms with Crippen LogP contribution in [0.4, 0.5) is 5.13 Å². The van der Waals surface area contributed by atoms with Crippen LogP contribution >= 0.6 is 23.1 Å². The SMILES string of the molecule is COC(=O)c1ccc(CNC(=O)CSc2nnc(NCC(C)C)s2)cc1. The van der Waals surface area contributed by atoms with Gasteiger partial charge in [-0.15, -0.1) is 10.2 Å². The fourth-order valence-corrected chi connectivity index (χ4v) is 3.48. The number of nitrogens with one attached hydrogen (secondary N) is 2. The fourth-order valence-electron chi connectivity index (χ4n) is 1.89. The largest absolute Gasteiger partial charge is 0.465 e. The summed E-state index contributed by atoms with van der Waals surface area (Å²) in [5.41, 5.74) is 1.39. The zero-order valence-electron chi connectivity index (χ0n) is 14.9. The third-order valence-electron chi connectivity index (χ3n) is 3.26. The summed E-state index contributed by atoms with van der Waals surface area (Å²) >= 11 is 2.80. The minimum Gasteiger partial charge on any atom is -0.465 e. The van der Waals surface area contributed by atoms with Gasteiger partial charge in [0.1, 0.15) is 0 Å². The van der Waals surface area contributed by atoms with Crippen LogP contribution in [-0.4, -0.2) is 41.5 Å². The van der Waals surface area contributed by atoms with Crippen LogP contribution in [-0.2, 0) is 16.1 Å².